The second kappa shape index (κ2) is 8.18. The SMILES string of the molecule is O=Cc1cn([C@@H]2O[C@H](CO[C@@H]3O[C@H](CO)[C@@H](O)[C@@H]3O)[C@@H](O)[C@H]2O)c(=O)[nH]c1=O. The van der Waals surface area contributed by atoms with Gasteiger partial charge in [0.2, 0.25) is 0 Å². The second-order valence-electron chi connectivity index (χ2n) is 6.46. The lowest BCUT2D eigenvalue weighted by Crippen LogP contribution is -2.39. The van der Waals surface area contributed by atoms with Gasteiger partial charge in [0.1, 0.15) is 36.6 Å². The number of H-pyrrole nitrogens is 1. The Morgan fingerprint density at radius 3 is 2.36 bits per heavy atom. The molecule has 3 rings (SSSR count). The van der Waals surface area contributed by atoms with Crippen molar-refractivity contribution in [2.24, 2.45) is 0 Å². The number of aromatic amines is 1. The topological polar surface area (TPSA) is 201 Å². The largest absolute Gasteiger partial charge is 0.394 e. The van der Waals surface area contributed by atoms with E-state index in [2.05, 4.69) is 0 Å². The summed E-state index contributed by atoms with van der Waals surface area (Å²) in [5, 5.41) is 48.9. The van der Waals surface area contributed by atoms with Crippen molar-refractivity contribution in [2.75, 3.05) is 13.2 Å². The van der Waals surface area contributed by atoms with Gasteiger partial charge in [0.15, 0.2) is 18.8 Å². The molecule has 1 aromatic rings. The lowest BCUT2D eigenvalue weighted by atomic mass is 10.1. The Bertz CT molecular complexity index is 823. The number of hydrogen-bond acceptors (Lipinski definition) is 11. The molecule has 2 saturated heterocycles. The molecule has 13 nitrogen and oxygen atoms in total. The third-order valence-electron chi connectivity index (χ3n) is 4.66. The number of nitrogens with one attached hydrogen (secondary N) is 1. The highest BCUT2D eigenvalue weighted by atomic mass is 16.7. The zero-order valence-corrected chi connectivity index (χ0v) is 14.3. The van der Waals surface area contributed by atoms with Gasteiger partial charge in [-0.3, -0.25) is 19.1 Å². The highest BCUT2D eigenvalue weighted by Crippen LogP contribution is 2.30. The minimum Gasteiger partial charge on any atom is -0.394 e. The van der Waals surface area contributed by atoms with Crippen LogP contribution in [0.15, 0.2) is 15.8 Å². The summed E-state index contributed by atoms with van der Waals surface area (Å²) in [7, 11) is 0. The molecule has 0 unspecified atom stereocenters. The van der Waals surface area contributed by atoms with Crippen LogP contribution in [0.4, 0.5) is 0 Å². The number of nitrogens with zero attached hydrogens (tertiary/aromatic N) is 1. The van der Waals surface area contributed by atoms with E-state index in [9.17, 15) is 34.8 Å². The van der Waals surface area contributed by atoms with Gasteiger partial charge in [-0.25, -0.2) is 4.79 Å². The summed E-state index contributed by atoms with van der Waals surface area (Å²) in [6.45, 7) is -0.949. The van der Waals surface area contributed by atoms with Crippen LogP contribution in [0.25, 0.3) is 0 Å². The summed E-state index contributed by atoms with van der Waals surface area (Å²) in [4.78, 5) is 36.2. The average molecular weight is 404 g/mol. The minimum atomic E-state index is -1.60. The standard InChI is InChI=1S/C15H20N2O11/c18-2-5-1-17(15(25)16-12(5)24)13-10(22)9(21)7(27-13)4-26-14-11(23)8(20)6(3-19)28-14/h1-2,6-11,13-14,19-23H,3-4H2,(H,16,24,25)/t6-,7-,8-,9-,10-,11+,13-,14-/m1/s1. The lowest BCUT2D eigenvalue weighted by molar-refractivity contribution is -0.190. The maximum atomic E-state index is 12.0. The number of aliphatic hydroxyl groups excluding tert-OH is 5. The Morgan fingerprint density at radius 2 is 1.75 bits per heavy atom. The lowest BCUT2D eigenvalue weighted by Gasteiger charge is -2.20. The molecule has 6 N–H and O–H groups in total. The molecule has 0 spiro atoms. The molecule has 2 aliphatic heterocycles. The van der Waals surface area contributed by atoms with Gasteiger partial charge < -0.3 is 39.7 Å². The Hall–Kier alpha value is -1.97. The predicted octanol–water partition coefficient (Wildman–Crippen LogP) is -4.58. The molecule has 0 aromatic carbocycles. The first-order valence-electron chi connectivity index (χ1n) is 8.34. The fourth-order valence-corrected chi connectivity index (χ4v) is 3.06. The summed E-state index contributed by atoms with van der Waals surface area (Å²) < 4.78 is 16.6. The Kier molecular flexibility index (Phi) is 6.07. The number of ether oxygens (including phenoxy) is 3. The molecule has 0 saturated carbocycles. The third-order valence-corrected chi connectivity index (χ3v) is 4.66. The summed E-state index contributed by atoms with van der Waals surface area (Å²) in [5.41, 5.74) is -2.25. The summed E-state index contributed by atoms with van der Waals surface area (Å²) >= 11 is 0. The van der Waals surface area contributed by atoms with Gasteiger partial charge in [-0.15, -0.1) is 0 Å². The van der Waals surface area contributed by atoms with Crippen molar-refractivity contribution in [3.8, 4) is 0 Å². The van der Waals surface area contributed by atoms with Crippen LogP contribution in [0.1, 0.15) is 16.6 Å². The van der Waals surface area contributed by atoms with Crippen molar-refractivity contribution in [3.05, 3.63) is 32.6 Å². The summed E-state index contributed by atoms with van der Waals surface area (Å²) in [6.07, 6.45) is -9.76. The average Bonchev–Trinajstić information content (AvgIpc) is 3.11. The highest BCUT2D eigenvalue weighted by molar-refractivity contribution is 5.73. The monoisotopic (exact) mass is 404 g/mol. The molecule has 1 aromatic heterocycles. The van der Waals surface area contributed by atoms with E-state index in [1.807, 2.05) is 4.98 Å². The highest BCUT2D eigenvalue weighted by Gasteiger charge is 2.47. The second-order valence-corrected chi connectivity index (χ2v) is 6.46. The molecule has 2 aliphatic rings. The molecule has 8 atom stereocenters. The van der Waals surface area contributed by atoms with Gasteiger partial charge in [0.25, 0.3) is 5.56 Å². The molecule has 156 valence electrons. The van der Waals surface area contributed by atoms with Crippen LogP contribution in [0.3, 0.4) is 0 Å². The van der Waals surface area contributed by atoms with Gasteiger partial charge in [-0.1, -0.05) is 0 Å². The molecule has 0 bridgehead atoms. The number of hydrogen-bond donors (Lipinski definition) is 6. The van der Waals surface area contributed by atoms with Crippen LogP contribution in [0.2, 0.25) is 0 Å². The molecular formula is C15H20N2O11. The number of carbonyl (C=O) groups excluding carboxylic acids is 1. The smallest absolute Gasteiger partial charge is 0.330 e. The number of aliphatic hydroxyl groups is 5. The molecule has 3 heterocycles. The molecule has 0 radical (unpaired) electrons. The van der Waals surface area contributed by atoms with E-state index >= 15 is 0 Å². The summed E-state index contributed by atoms with van der Waals surface area (Å²) in [6, 6.07) is 0. The normalized spacial score (nSPS) is 38.0. The van der Waals surface area contributed by atoms with Crippen LogP contribution in [0.5, 0.6) is 0 Å². The van der Waals surface area contributed by atoms with E-state index in [0.717, 1.165) is 10.8 Å². The molecule has 28 heavy (non-hydrogen) atoms. The third kappa shape index (κ3) is 3.66. The zero-order valence-electron chi connectivity index (χ0n) is 14.3. The van der Waals surface area contributed by atoms with Crippen molar-refractivity contribution in [3.63, 3.8) is 0 Å². The van der Waals surface area contributed by atoms with Crippen molar-refractivity contribution < 1.29 is 44.5 Å². The van der Waals surface area contributed by atoms with Crippen molar-refractivity contribution >= 4 is 6.29 Å². The van der Waals surface area contributed by atoms with Crippen LogP contribution < -0.4 is 11.2 Å². The predicted molar refractivity (Wildman–Crippen MR) is 86.3 cm³/mol. The van der Waals surface area contributed by atoms with Gasteiger partial charge in [-0.2, -0.15) is 0 Å². The number of carbonyl (C=O) groups is 1. The van der Waals surface area contributed by atoms with E-state index in [-0.39, 0.29) is 11.8 Å². The fraction of sp³-hybridized carbons (Fsp3) is 0.667. The van der Waals surface area contributed by atoms with Crippen molar-refractivity contribution in [1.29, 1.82) is 0 Å². The van der Waals surface area contributed by atoms with Crippen LogP contribution in [0, 0.1) is 0 Å². The van der Waals surface area contributed by atoms with Crippen molar-refractivity contribution in [2.45, 2.75) is 49.1 Å². The first-order chi connectivity index (χ1) is 13.3. The maximum Gasteiger partial charge on any atom is 0.330 e. The van der Waals surface area contributed by atoms with E-state index in [4.69, 9.17) is 19.3 Å². The first kappa shape index (κ1) is 20.8. The van der Waals surface area contributed by atoms with Gasteiger partial charge in [0, 0.05) is 6.20 Å². The van der Waals surface area contributed by atoms with Gasteiger partial charge in [-0.05, 0) is 0 Å². The number of rotatable bonds is 6. The van der Waals surface area contributed by atoms with Crippen LogP contribution >= 0.6 is 0 Å². The van der Waals surface area contributed by atoms with Crippen molar-refractivity contribution in [1.82, 2.24) is 9.55 Å². The van der Waals surface area contributed by atoms with Gasteiger partial charge in [0.05, 0.1) is 18.8 Å². The molecule has 2 fully saturated rings. The zero-order chi connectivity index (χ0) is 20.6. The van der Waals surface area contributed by atoms with E-state index in [1.54, 1.807) is 0 Å². The molecular weight excluding hydrogens is 384 g/mol. The number of aldehydes is 1. The molecule has 0 aliphatic carbocycles. The minimum absolute atomic E-state index is 0.217. The van der Waals surface area contributed by atoms with E-state index < -0.39 is 73.6 Å². The molecule has 13 heteroatoms. The first-order valence-corrected chi connectivity index (χ1v) is 8.34. The Morgan fingerprint density at radius 1 is 1.07 bits per heavy atom. The van der Waals surface area contributed by atoms with E-state index in [0.29, 0.717) is 0 Å². The van der Waals surface area contributed by atoms with Crippen LogP contribution in [-0.2, 0) is 14.2 Å². The maximum absolute atomic E-state index is 12.0. The van der Waals surface area contributed by atoms with Gasteiger partial charge >= 0.3 is 5.69 Å². The number of aromatic nitrogens is 2. The van der Waals surface area contributed by atoms with Crippen LogP contribution in [-0.4, -0.2) is 97.5 Å². The Labute approximate surface area is 156 Å². The van der Waals surface area contributed by atoms with E-state index in [1.165, 1.54) is 0 Å². The Balaban J connectivity index is 1.71. The fourth-order valence-electron chi connectivity index (χ4n) is 3.06. The quantitative estimate of drug-likeness (QED) is 0.249. The molecule has 0 amide bonds. The summed E-state index contributed by atoms with van der Waals surface area (Å²) in [5.74, 6) is 0.